The molecular weight excluding hydrogens is 374 g/mol. The standard InChI is InChI=1S/C25H23N3O2/c1-28-23(29)16-25(27-24(28)26)15-22(18-10-6-3-7-11-18)30-21-13-12-19(14-20(21)25)17-8-4-2-5-9-17/h2-14,22H,15-16H2,1H3,(H2,26,27)/t22?,25-/m0/s1. The third kappa shape index (κ3) is 3.03. The number of amides is 1. The summed E-state index contributed by atoms with van der Waals surface area (Å²) in [4.78, 5) is 19.1. The minimum Gasteiger partial charge on any atom is -0.485 e. The van der Waals surface area contributed by atoms with Gasteiger partial charge in [0.2, 0.25) is 5.91 Å². The highest BCUT2D eigenvalue weighted by Gasteiger charge is 2.47. The number of hydrogen-bond acceptors (Lipinski definition) is 4. The Kier molecular flexibility index (Phi) is 4.31. The van der Waals surface area contributed by atoms with Crippen LogP contribution in [0.5, 0.6) is 5.75 Å². The highest BCUT2D eigenvalue weighted by molar-refractivity contribution is 5.99. The molecule has 0 radical (unpaired) electrons. The van der Waals surface area contributed by atoms with Crippen molar-refractivity contribution in [1.29, 1.82) is 0 Å². The summed E-state index contributed by atoms with van der Waals surface area (Å²) in [6.45, 7) is 0. The Balaban J connectivity index is 1.67. The largest absolute Gasteiger partial charge is 0.485 e. The first-order valence-corrected chi connectivity index (χ1v) is 10.1. The van der Waals surface area contributed by atoms with Gasteiger partial charge in [0, 0.05) is 19.0 Å². The van der Waals surface area contributed by atoms with Crippen molar-refractivity contribution in [3.63, 3.8) is 0 Å². The first-order chi connectivity index (χ1) is 14.6. The summed E-state index contributed by atoms with van der Waals surface area (Å²) in [6, 6.07) is 26.4. The number of aliphatic imine (C=N–C) groups is 1. The van der Waals surface area contributed by atoms with Crippen molar-refractivity contribution in [1.82, 2.24) is 4.90 Å². The van der Waals surface area contributed by atoms with Crippen molar-refractivity contribution in [2.45, 2.75) is 24.5 Å². The summed E-state index contributed by atoms with van der Waals surface area (Å²) in [5, 5.41) is 0. The van der Waals surface area contributed by atoms with Gasteiger partial charge in [-0.1, -0.05) is 66.7 Å². The lowest BCUT2D eigenvalue weighted by Gasteiger charge is -2.43. The molecular formula is C25H23N3O2. The van der Waals surface area contributed by atoms with E-state index in [-0.39, 0.29) is 24.4 Å². The van der Waals surface area contributed by atoms with Gasteiger partial charge in [0.25, 0.3) is 0 Å². The molecule has 1 spiro atoms. The van der Waals surface area contributed by atoms with Crippen molar-refractivity contribution in [3.8, 4) is 16.9 Å². The summed E-state index contributed by atoms with van der Waals surface area (Å²) in [5.74, 6) is 0.965. The van der Waals surface area contributed by atoms with Gasteiger partial charge in [-0.3, -0.25) is 9.69 Å². The molecule has 2 heterocycles. The monoisotopic (exact) mass is 397 g/mol. The number of guanidine groups is 1. The Labute approximate surface area is 175 Å². The van der Waals surface area contributed by atoms with Crippen molar-refractivity contribution >= 4 is 11.9 Å². The van der Waals surface area contributed by atoms with Gasteiger partial charge in [-0.15, -0.1) is 0 Å². The third-order valence-corrected chi connectivity index (χ3v) is 6.04. The minimum atomic E-state index is -0.743. The zero-order valence-corrected chi connectivity index (χ0v) is 16.8. The molecule has 0 aliphatic carbocycles. The molecule has 150 valence electrons. The number of nitrogens with two attached hydrogens (primary N) is 1. The predicted octanol–water partition coefficient (Wildman–Crippen LogP) is 4.25. The SMILES string of the molecule is CN1C(=O)C[C@]2(CC(c3ccccc3)Oc3ccc(-c4ccccc4)cc32)N=C1N. The number of rotatable bonds is 2. The van der Waals surface area contributed by atoms with Gasteiger partial charge in [0.1, 0.15) is 17.4 Å². The van der Waals surface area contributed by atoms with Gasteiger partial charge >= 0.3 is 0 Å². The quantitative estimate of drug-likeness (QED) is 0.703. The van der Waals surface area contributed by atoms with Gasteiger partial charge in [-0.2, -0.15) is 0 Å². The van der Waals surface area contributed by atoms with E-state index in [1.807, 2.05) is 54.6 Å². The molecule has 3 aromatic carbocycles. The lowest BCUT2D eigenvalue weighted by molar-refractivity contribution is -0.129. The molecule has 1 unspecified atom stereocenters. The molecule has 2 atom stereocenters. The van der Waals surface area contributed by atoms with E-state index in [4.69, 9.17) is 15.5 Å². The third-order valence-electron chi connectivity index (χ3n) is 6.04. The van der Waals surface area contributed by atoms with E-state index in [0.717, 1.165) is 28.0 Å². The van der Waals surface area contributed by atoms with Gasteiger partial charge in [0.05, 0.1) is 6.42 Å². The van der Waals surface area contributed by atoms with Crippen LogP contribution in [0.1, 0.15) is 30.1 Å². The Hall–Kier alpha value is -3.60. The van der Waals surface area contributed by atoms with Crippen molar-refractivity contribution < 1.29 is 9.53 Å². The number of benzene rings is 3. The molecule has 5 rings (SSSR count). The van der Waals surface area contributed by atoms with Gasteiger partial charge in [-0.05, 0) is 28.8 Å². The lowest BCUT2D eigenvalue weighted by atomic mass is 9.76. The first kappa shape index (κ1) is 18.4. The van der Waals surface area contributed by atoms with Crippen molar-refractivity contribution in [2.24, 2.45) is 10.7 Å². The number of nitrogens with zero attached hydrogens (tertiary/aromatic N) is 2. The lowest BCUT2D eigenvalue weighted by Crippen LogP contribution is -2.50. The summed E-state index contributed by atoms with van der Waals surface area (Å²) in [5.41, 5.74) is 9.59. The minimum absolute atomic E-state index is 0.0349. The van der Waals surface area contributed by atoms with Crippen LogP contribution in [0.3, 0.4) is 0 Å². The van der Waals surface area contributed by atoms with Crippen molar-refractivity contribution in [2.75, 3.05) is 7.05 Å². The number of carbonyl (C=O) groups is 1. The predicted molar refractivity (Wildman–Crippen MR) is 117 cm³/mol. The fraction of sp³-hybridized carbons (Fsp3) is 0.200. The van der Waals surface area contributed by atoms with Crippen LogP contribution >= 0.6 is 0 Å². The fourth-order valence-electron chi connectivity index (χ4n) is 4.38. The topological polar surface area (TPSA) is 67.9 Å². The second-order valence-electron chi connectivity index (χ2n) is 7.93. The van der Waals surface area contributed by atoms with E-state index in [1.54, 1.807) is 7.05 Å². The normalized spacial score (nSPS) is 23.0. The first-order valence-electron chi connectivity index (χ1n) is 10.1. The van der Waals surface area contributed by atoms with E-state index in [0.29, 0.717) is 6.42 Å². The van der Waals surface area contributed by atoms with E-state index in [1.165, 1.54) is 4.90 Å². The maximum Gasteiger partial charge on any atom is 0.231 e. The summed E-state index contributed by atoms with van der Waals surface area (Å²) >= 11 is 0. The number of fused-ring (bicyclic) bond motifs is 2. The second kappa shape index (κ2) is 7.02. The van der Waals surface area contributed by atoms with Crippen LogP contribution in [0.15, 0.2) is 83.9 Å². The Morgan fingerprint density at radius 1 is 1.00 bits per heavy atom. The molecule has 0 saturated heterocycles. The number of carbonyl (C=O) groups excluding carboxylic acids is 1. The second-order valence-corrected chi connectivity index (χ2v) is 7.93. The molecule has 2 N–H and O–H groups in total. The fourth-order valence-corrected chi connectivity index (χ4v) is 4.38. The summed E-state index contributed by atoms with van der Waals surface area (Å²) < 4.78 is 6.40. The van der Waals surface area contributed by atoms with Crippen LogP contribution in [0, 0.1) is 0 Å². The molecule has 0 aromatic heterocycles. The Bertz CT molecular complexity index is 1130. The molecule has 2 aliphatic rings. The number of hydrogen-bond donors (Lipinski definition) is 1. The molecule has 1 amide bonds. The smallest absolute Gasteiger partial charge is 0.231 e. The van der Waals surface area contributed by atoms with Crippen LogP contribution in [0.4, 0.5) is 0 Å². The highest BCUT2D eigenvalue weighted by atomic mass is 16.5. The zero-order valence-electron chi connectivity index (χ0n) is 16.8. The molecule has 0 fully saturated rings. The maximum atomic E-state index is 12.8. The van der Waals surface area contributed by atoms with Gasteiger partial charge < -0.3 is 10.5 Å². The van der Waals surface area contributed by atoms with Gasteiger partial charge in [0.15, 0.2) is 5.96 Å². The Morgan fingerprint density at radius 2 is 1.70 bits per heavy atom. The summed E-state index contributed by atoms with van der Waals surface area (Å²) in [7, 11) is 1.67. The Morgan fingerprint density at radius 3 is 2.40 bits per heavy atom. The molecule has 5 nitrogen and oxygen atoms in total. The highest BCUT2D eigenvalue weighted by Crippen LogP contribution is 2.51. The van der Waals surface area contributed by atoms with Crippen LogP contribution in [-0.2, 0) is 10.3 Å². The summed E-state index contributed by atoms with van der Waals surface area (Å²) in [6.07, 6.45) is 0.624. The van der Waals surface area contributed by atoms with E-state index in [9.17, 15) is 4.79 Å². The zero-order chi connectivity index (χ0) is 20.7. The van der Waals surface area contributed by atoms with Gasteiger partial charge in [-0.25, -0.2) is 4.99 Å². The van der Waals surface area contributed by atoms with Crippen LogP contribution in [-0.4, -0.2) is 23.8 Å². The molecule has 5 heteroatoms. The molecule has 2 aliphatic heterocycles. The molecule has 0 saturated carbocycles. The maximum absolute atomic E-state index is 12.8. The van der Waals surface area contributed by atoms with E-state index >= 15 is 0 Å². The van der Waals surface area contributed by atoms with Crippen molar-refractivity contribution in [3.05, 3.63) is 90.0 Å². The average Bonchev–Trinajstić information content (AvgIpc) is 2.78. The van der Waals surface area contributed by atoms with E-state index in [2.05, 4.69) is 24.3 Å². The molecule has 3 aromatic rings. The molecule has 30 heavy (non-hydrogen) atoms. The van der Waals surface area contributed by atoms with Crippen LogP contribution < -0.4 is 10.5 Å². The van der Waals surface area contributed by atoms with Crippen LogP contribution in [0.2, 0.25) is 0 Å². The average molecular weight is 397 g/mol. The number of ether oxygens (including phenoxy) is 1. The van der Waals surface area contributed by atoms with E-state index < -0.39 is 5.54 Å². The van der Waals surface area contributed by atoms with Crippen LogP contribution in [0.25, 0.3) is 11.1 Å². The molecule has 0 bridgehead atoms.